The molecule has 3 N–H and O–H groups in total. The molecule has 0 bridgehead atoms. The number of amides is 1. The molecule has 3 aromatic carbocycles. The zero-order valence-corrected chi connectivity index (χ0v) is 21.5. The SMILES string of the molecule is NS(=O)(=O)c1ccc(CCN2C(=O)C(=O)/C(=C(/O)c3ccc(Br)cc3)C2c2cccc([N+](=O)[O-])c2)cc1. The zero-order chi connectivity index (χ0) is 26.9. The maximum Gasteiger partial charge on any atom is 0.295 e. The number of carbonyl (C=O) groups excluding carboxylic acids is 2. The Morgan fingerprint density at radius 1 is 1.05 bits per heavy atom. The number of ketones is 1. The lowest BCUT2D eigenvalue weighted by molar-refractivity contribution is -0.384. The number of likely N-dealkylation sites (tertiary alicyclic amines) is 1. The molecule has 4 rings (SSSR count). The molecule has 190 valence electrons. The molecule has 1 aliphatic heterocycles. The number of Topliss-reactive ketones (excluding diaryl/α,β-unsaturated/α-hetero) is 1. The lowest BCUT2D eigenvalue weighted by atomic mass is 9.95. The average molecular weight is 586 g/mol. The van der Waals surface area contributed by atoms with Crippen molar-refractivity contribution >= 4 is 49.1 Å². The van der Waals surface area contributed by atoms with E-state index in [1.54, 1.807) is 42.5 Å². The summed E-state index contributed by atoms with van der Waals surface area (Å²) in [7, 11) is -3.87. The van der Waals surface area contributed by atoms with Crippen LogP contribution in [0.3, 0.4) is 0 Å². The summed E-state index contributed by atoms with van der Waals surface area (Å²) in [5, 5.41) is 27.6. The van der Waals surface area contributed by atoms with E-state index in [2.05, 4.69) is 15.9 Å². The highest BCUT2D eigenvalue weighted by Gasteiger charge is 2.46. The van der Waals surface area contributed by atoms with E-state index in [0.29, 0.717) is 11.1 Å². The van der Waals surface area contributed by atoms with Crippen LogP contribution in [0.5, 0.6) is 0 Å². The van der Waals surface area contributed by atoms with Gasteiger partial charge in [-0.05, 0) is 41.8 Å². The molecule has 12 heteroatoms. The normalized spacial score (nSPS) is 17.2. The van der Waals surface area contributed by atoms with E-state index in [0.717, 1.165) is 4.47 Å². The van der Waals surface area contributed by atoms with E-state index in [9.17, 15) is 33.2 Å². The summed E-state index contributed by atoms with van der Waals surface area (Å²) in [6, 6.07) is 16.7. The number of halogens is 1. The van der Waals surface area contributed by atoms with Crippen LogP contribution in [0, 0.1) is 10.1 Å². The van der Waals surface area contributed by atoms with E-state index in [1.165, 1.54) is 35.2 Å². The third kappa shape index (κ3) is 5.45. The highest BCUT2D eigenvalue weighted by molar-refractivity contribution is 9.10. The Bertz CT molecular complexity index is 1540. The topological polar surface area (TPSA) is 161 Å². The number of hydrogen-bond donors (Lipinski definition) is 2. The van der Waals surface area contributed by atoms with Gasteiger partial charge in [-0.3, -0.25) is 19.7 Å². The summed E-state index contributed by atoms with van der Waals surface area (Å²) < 4.78 is 23.8. The summed E-state index contributed by atoms with van der Waals surface area (Å²) in [5.74, 6) is -2.18. The number of benzene rings is 3. The van der Waals surface area contributed by atoms with E-state index < -0.39 is 38.4 Å². The van der Waals surface area contributed by atoms with E-state index in [-0.39, 0.29) is 34.7 Å². The molecule has 0 aromatic heterocycles. The fraction of sp³-hybridized carbons (Fsp3) is 0.120. The molecular weight excluding hydrogens is 566 g/mol. The second-order valence-electron chi connectivity index (χ2n) is 8.29. The standard InChI is InChI=1S/C25H20BrN3O7S/c26-18-8-6-16(7-9-18)23(30)21-22(17-2-1-3-19(14-17)29(33)34)28(25(32)24(21)31)13-12-15-4-10-20(11-5-15)37(27,35)36/h1-11,14,22,30H,12-13H2,(H2,27,35,36)/b23-21+. The predicted molar refractivity (Wildman–Crippen MR) is 138 cm³/mol. The largest absolute Gasteiger partial charge is 0.507 e. The number of primary sulfonamides is 1. The van der Waals surface area contributed by atoms with Crippen LogP contribution in [0.4, 0.5) is 5.69 Å². The molecule has 1 fully saturated rings. The van der Waals surface area contributed by atoms with Crippen LogP contribution in [0.25, 0.3) is 5.76 Å². The third-order valence-electron chi connectivity index (χ3n) is 5.95. The van der Waals surface area contributed by atoms with Gasteiger partial charge >= 0.3 is 0 Å². The first-order valence-corrected chi connectivity index (χ1v) is 13.2. The molecule has 1 amide bonds. The van der Waals surface area contributed by atoms with Gasteiger partial charge < -0.3 is 10.0 Å². The van der Waals surface area contributed by atoms with Crippen LogP contribution in [0.2, 0.25) is 0 Å². The van der Waals surface area contributed by atoms with Crippen molar-refractivity contribution in [3.63, 3.8) is 0 Å². The second-order valence-corrected chi connectivity index (χ2v) is 10.8. The van der Waals surface area contributed by atoms with Gasteiger partial charge in [0.15, 0.2) is 0 Å². The fourth-order valence-electron chi connectivity index (χ4n) is 4.12. The highest BCUT2D eigenvalue weighted by Crippen LogP contribution is 2.40. The maximum atomic E-state index is 13.1. The zero-order valence-electron chi connectivity index (χ0n) is 19.1. The van der Waals surface area contributed by atoms with Crippen molar-refractivity contribution in [2.45, 2.75) is 17.4 Å². The third-order valence-corrected chi connectivity index (χ3v) is 7.41. The molecule has 0 spiro atoms. The highest BCUT2D eigenvalue weighted by atomic mass is 79.9. The first kappa shape index (κ1) is 26.2. The number of nitro groups is 1. The monoisotopic (exact) mass is 585 g/mol. The van der Waals surface area contributed by atoms with Gasteiger partial charge in [0.25, 0.3) is 17.4 Å². The summed E-state index contributed by atoms with van der Waals surface area (Å²) in [6.45, 7) is 0.0176. The van der Waals surface area contributed by atoms with Gasteiger partial charge in [-0.2, -0.15) is 0 Å². The predicted octanol–water partition coefficient (Wildman–Crippen LogP) is 3.67. The number of non-ortho nitro benzene ring substituents is 1. The van der Waals surface area contributed by atoms with E-state index in [4.69, 9.17) is 5.14 Å². The van der Waals surface area contributed by atoms with Gasteiger partial charge in [0.2, 0.25) is 10.0 Å². The van der Waals surface area contributed by atoms with Crippen molar-refractivity contribution in [3.8, 4) is 0 Å². The molecule has 1 aliphatic rings. The molecule has 0 aliphatic carbocycles. The molecule has 1 atom stereocenters. The van der Waals surface area contributed by atoms with Crippen molar-refractivity contribution in [2.24, 2.45) is 5.14 Å². The smallest absolute Gasteiger partial charge is 0.295 e. The Morgan fingerprint density at radius 3 is 2.30 bits per heavy atom. The van der Waals surface area contributed by atoms with E-state index in [1.807, 2.05) is 0 Å². The minimum atomic E-state index is -3.87. The lowest BCUT2D eigenvalue weighted by Gasteiger charge is -2.25. The summed E-state index contributed by atoms with van der Waals surface area (Å²) >= 11 is 3.31. The van der Waals surface area contributed by atoms with Crippen LogP contribution in [0.1, 0.15) is 22.7 Å². The Balaban J connectivity index is 1.76. The van der Waals surface area contributed by atoms with Crippen molar-refractivity contribution < 1.29 is 28.0 Å². The van der Waals surface area contributed by atoms with Gasteiger partial charge in [-0.25, -0.2) is 13.6 Å². The fourth-order valence-corrected chi connectivity index (χ4v) is 4.90. The number of nitro benzene ring substituents is 1. The number of nitrogens with two attached hydrogens (primary N) is 1. The summed E-state index contributed by atoms with van der Waals surface area (Å²) in [6.07, 6.45) is 0.238. The molecule has 10 nitrogen and oxygen atoms in total. The van der Waals surface area contributed by atoms with Crippen LogP contribution < -0.4 is 5.14 Å². The molecule has 1 heterocycles. The van der Waals surface area contributed by atoms with Gasteiger partial charge in [0.1, 0.15) is 5.76 Å². The number of aliphatic hydroxyl groups is 1. The minimum Gasteiger partial charge on any atom is -0.507 e. The van der Waals surface area contributed by atoms with E-state index >= 15 is 0 Å². The molecular formula is C25H20BrN3O7S. The number of hydrogen-bond acceptors (Lipinski definition) is 7. The van der Waals surface area contributed by atoms with Crippen LogP contribution in [-0.4, -0.2) is 41.6 Å². The minimum absolute atomic E-state index is 0.0176. The maximum absolute atomic E-state index is 13.1. The van der Waals surface area contributed by atoms with Gasteiger partial charge in [0.05, 0.1) is 21.4 Å². The van der Waals surface area contributed by atoms with Crippen molar-refractivity contribution in [2.75, 3.05) is 6.54 Å². The quantitative estimate of drug-likeness (QED) is 0.140. The Labute approximate surface area is 220 Å². The number of rotatable bonds is 7. The first-order chi connectivity index (χ1) is 17.5. The number of carbonyl (C=O) groups is 2. The van der Waals surface area contributed by atoms with Crippen LogP contribution in [-0.2, 0) is 26.0 Å². The Hall–Kier alpha value is -3.87. The lowest BCUT2D eigenvalue weighted by Crippen LogP contribution is -2.31. The molecule has 3 aromatic rings. The summed E-state index contributed by atoms with van der Waals surface area (Å²) in [5.41, 5.74) is 0.842. The Kier molecular flexibility index (Phi) is 7.25. The van der Waals surface area contributed by atoms with Crippen molar-refractivity contribution in [1.29, 1.82) is 0 Å². The number of aliphatic hydroxyl groups excluding tert-OH is 1. The molecule has 1 saturated heterocycles. The molecule has 0 radical (unpaired) electrons. The average Bonchev–Trinajstić information content (AvgIpc) is 3.12. The van der Waals surface area contributed by atoms with Crippen molar-refractivity contribution in [3.05, 3.63) is 110 Å². The Morgan fingerprint density at radius 2 is 1.70 bits per heavy atom. The van der Waals surface area contributed by atoms with Crippen LogP contribution in [0.15, 0.2) is 87.7 Å². The number of nitrogens with zero attached hydrogens (tertiary/aromatic N) is 2. The van der Waals surface area contributed by atoms with Gasteiger partial charge in [-0.1, -0.05) is 52.3 Å². The summed E-state index contributed by atoms with van der Waals surface area (Å²) in [4.78, 5) is 38.2. The van der Waals surface area contributed by atoms with Crippen LogP contribution >= 0.6 is 15.9 Å². The molecule has 37 heavy (non-hydrogen) atoms. The molecule has 0 saturated carbocycles. The van der Waals surface area contributed by atoms with Gasteiger partial charge in [0, 0.05) is 28.7 Å². The van der Waals surface area contributed by atoms with Gasteiger partial charge in [-0.15, -0.1) is 0 Å². The van der Waals surface area contributed by atoms with Crippen molar-refractivity contribution in [1.82, 2.24) is 4.90 Å². The second kappa shape index (κ2) is 10.2. The number of sulfonamides is 1. The molecule has 1 unspecified atom stereocenters. The first-order valence-electron chi connectivity index (χ1n) is 10.9.